The molecule has 4 aromatic rings. The van der Waals surface area contributed by atoms with Gasteiger partial charge in [0.15, 0.2) is 0 Å². The Morgan fingerprint density at radius 3 is 2.34 bits per heavy atom. The fraction of sp³-hybridized carbons (Fsp3) is 0.375. The van der Waals surface area contributed by atoms with Crippen molar-refractivity contribution in [1.29, 1.82) is 0 Å². The quantitative estimate of drug-likeness (QED) is 0.274. The molecule has 44 heavy (non-hydrogen) atoms. The first-order valence-corrected chi connectivity index (χ1v) is 15.4. The number of amides is 2. The summed E-state index contributed by atoms with van der Waals surface area (Å²) in [6.45, 7) is 5.79. The third-order valence-electron chi connectivity index (χ3n) is 8.05. The van der Waals surface area contributed by atoms with Gasteiger partial charge >= 0.3 is 6.18 Å². The van der Waals surface area contributed by atoms with E-state index in [9.17, 15) is 27.6 Å². The summed E-state index contributed by atoms with van der Waals surface area (Å²) >= 11 is 2.93. The highest BCUT2D eigenvalue weighted by molar-refractivity contribution is 9.10. The van der Waals surface area contributed by atoms with E-state index in [1.165, 1.54) is 17.0 Å². The number of rotatable bonds is 5. The Bertz CT molecular complexity index is 1790. The van der Waals surface area contributed by atoms with Gasteiger partial charge in [-0.1, -0.05) is 29.8 Å². The van der Waals surface area contributed by atoms with E-state index in [2.05, 4.69) is 26.3 Å². The monoisotopic (exact) mass is 671 g/mol. The maximum Gasteiger partial charge on any atom is 0.417 e. The second kappa shape index (κ2) is 12.2. The number of hydrogen-bond donors (Lipinski definition) is 1. The Morgan fingerprint density at radius 2 is 1.73 bits per heavy atom. The van der Waals surface area contributed by atoms with Crippen LogP contribution in [0.3, 0.4) is 0 Å². The molecule has 1 atom stereocenters. The van der Waals surface area contributed by atoms with Crippen molar-refractivity contribution in [2.24, 2.45) is 5.92 Å². The minimum Gasteiger partial charge on any atom is -0.355 e. The highest BCUT2D eigenvalue weighted by atomic mass is 79.9. The van der Waals surface area contributed by atoms with Gasteiger partial charge in [-0.05, 0) is 81.0 Å². The number of hydrogen-bond acceptors (Lipinski definition) is 4. The highest BCUT2D eigenvalue weighted by Gasteiger charge is 2.37. The number of carbonyl (C=O) groups excluding carboxylic acids is 2. The number of benzene rings is 2. The smallest absolute Gasteiger partial charge is 0.355 e. The molecule has 0 saturated heterocycles. The molecule has 1 N–H and O–H groups in total. The van der Waals surface area contributed by atoms with E-state index in [1.807, 2.05) is 13.8 Å². The van der Waals surface area contributed by atoms with Crippen LogP contribution >= 0.6 is 15.9 Å². The maximum absolute atomic E-state index is 14.1. The molecule has 12 heteroatoms. The van der Waals surface area contributed by atoms with Crippen LogP contribution in [0.25, 0.3) is 11.3 Å². The van der Waals surface area contributed by atoms with Gasteiger partial charge in [0.05, 0.1) is 29.7 Å². The lowest BCUT2D eigenvalue weighted by Gasteiger charge is -2.35. The lowest BCUT2D eigenvalue weighted by molar-refractivity contribution is -0.138. The molecule has 6 rings (SSSR count). The molecule has 0 radical (unpaired) electrons. The van der Waals surface area contributed by atoms with Gasteiger partial charge < -0.3 is 10.2 Å². The Labute approximate surface area is 261 Å². The van der Waals surface area contributed by atoms with Crippen LogP contribution in [0.2, 0.25) is 0 Å². The van der Waals surface area contributed by atoms with Crippen LogP contribution in [0.4, 0.5) is 13.2 Å². The molecule has 2 aliphatic rings. The van der Waals surface area contributed by atoms with Crippen LogP contribution < -0.4 is 10.9 Å². The fourth-order valence-electron chi connectivity index (χ4n) is 5.62. The van der Waals surface area contributed by atoms with Crippen LogP contribution in [-0.2, 0) is 25.6 Å². The van der Waals surface area contributed by atoms with E-state index in [-0.39, 0.29) is 34.5 Å². The maximum atomic E-state index is 14.1. The molecule has 2 amide bonds. The number of carbonyl (C=O) groups is 2. The second-order valence-corrected chi connectivity index (χ2v) is 11.8. The van der Waals surface area contributed by atoms with E-state index in [0.717, 1.165) is 30.9 Å². The zero-order valence-electron chi connectivity index (χ0n) is 24.8. The molecule has 1 aliphatic heterocycles. The zero-order chi connectivity index (χ0) is 31.9. The largest absolute Gasteiger partial charge is 0.417 e. The summed E-state index contributed by atoms with van der Waals surface area (Å²) < 4.78 is 43.8. The van der Waals surface area contributed by atoms with Gasteiger partial charge in [-0.15, -0.1) is 0 Å². The van der Waals surface area contributed by atoms with Crippen molar-refractivity contribution >= 4 is 33.4 Å². The number of alkyl halides is 3. The van der Waals surface area contributed by atoms with Crippen molar-refractivity contribution < 1.29 is 22.8 Å². The van der Waals surface area contributed by atoms with E-state index in [1.54, 1.807) is 53.5 Å². The van der Waals surface area contributed by atoms with Crippen molar-refractivity contribution in [3.63, 3.8) is 0 Å². The lowest BCUT2D eigenvalue weighted by Crippen LogP contribution is -2.46. The number of aromatic nitrogens is 3. The van der Waals surface area contributed by atoms with Crippen LogP contribution in [0.5, 0.6) is 0 Å². The number of fused-ring (bicyclic) bond motifs is 3. The fourth-order valence-corrected chi connectivity index (χ4v) is 6.09. The van der Waals surface area contributed by atoms with E-state index >= 15 is 0 Å². The third-order valence-corrected chi connectivity index (χ3v) is 8.74. The third kappa shape index (κ3) is 5.79. The number of nitrogens with one attached hydrogen (secondary N) is 1. The molecule has 2 aromatic carbocycles. The van der Waals surface area contributed by atoms with E-state index in [0.29, 0.717) is 34.1 Å². The predicted octanol–water partition coefficient (Wildman–Crippen LogP) is 6.19. The highest BCUT2D eigenvalue weighted by Crippen LogP contribution is 2.37. The minimum atomic E-state index is -4.63. The Morgan fingerprint density at radius 1 is 1.07 bits per heavy atom. The summed E-state index contributed by atoms with van der Waals surface area (Å²) in [6, 6.07) is 9.74. The second-order valence-electron chi connectivity index (χ2n) is 10.9. The first-order valence-electron chi connectivity index (χ1n) is 14.6. The van der Waals surface area contributed by atoms with E-state index in [4.69, 9.17) is 0 Å². The predicted molar refractivity (Wildman–Crippen MR) is 164 cm³/mol. The molecule has 1 fully saturated rings. The molecule has 1 aliphatic carbocycles. The molecule has 8 nitrogen and oxygen atoms in total. The summed E-state index contributed by atoms with van der Waals surface area (Å²) in [6.07, 6.45) is 0.263. The normalized spacial score (nSPS) is 16.3. The summed E-state index contributed by atoms with van der Waals surface area (Å²) in [4.78, 5) is 41.3. The summed E-state index contributed by atoms with van der Waals surface area (Å²) in [5.74, 6) is -0.292. The van der Waals surface area contributed by atoms with Crippen molar-refractivity contribution in [3.05, 3.63) is 97.0 Å². The zero-order valence-corrected chi connectivity index (χ0v) is 26.4. The number of nitrogens with zero attached hydrogens (tertiary/aromatic N) is 4. The summed E-state index contributed by atoms with van der Waals surface area (Å²) in [5, 5.41) is 7.24. The summed E-state index contributed by atoms with van der Waals surface area (Å²) in [5.41, 5.74) is 2.29. The van der Waals surface area contributed by atoms with Crippen molar-refractivity contribution in [2.45, 2.75) is 65.2 Å². The molecule has 0 bridgehead atoms. The standard InChI is InChI=1S/C30H27BrF3N5O3.C2H6/c1-16-11-22-25(15-37(16)28(41)19-7-10-24(31)23(13-19)30(32,33)34)39-27(20(14-36-39)12-17-3-4-17)38(29(22)42)21-8-5-18(6-9-21)26(40)35-2;1-2/h5-10,13-14,16-17H,3-4,11-12,15H2,1-2H3,(H,35,40);1-2H3. The van der Waals surface area contributed by atoms with Gasteiger partial charge in [-0.2, -0.15) is 18.3 Å². The van der Waals surface area contributed by atoms with Gasteiger partial charge in [0, 0.05) is 39.8 Å². The molecular weight excluding hydrogens is 639 g/mol. The topological polar surface area (TPSA) is 88.7 Å². The molecule has 232 valence electrons. The van der Waals surface area contributed by atoms with Crippen LogP contribution in [0.1, 0.15) is 76.7 Å². The molecular formula is C32H33BrF3N5O3. The van der Waals surface area contributed by atoms with Crippen molar-refractivity contribution in [3.8, 4) is 5.69 Å². The van der Waals surface area contributed by atoms with Crippen LogP contribution in [0, 0.1) is 5.92 Å². The summed E-state index contributed by atoms with van der Waals surface area (Å²) in [7, 11) is 1.55. The van der Waals surface area contributed by atoms with Gasteiger partial charge in [0.2, 0.25) is 0 Å². The minimum absolute atomic E-state index is 0.0134. The van der Waals surface area contributed by atoms with Gasteiger partial charge in [0.25, 0.3) is 17.4 Å². The van der Waals surface area contributed by atoms with Crippen LogP contribution in [0.15, 0.2) is 57.9 Å². The first kappa shape index (κ1) is 31.5. The number of halogens is 4. The molecule has 1 unspecified atom stereocenters. The van der Waals surface area contributed by atoms with Gasteiger partial charge in [-0.25, -0.2) is 4.52 Å². The molecule has 3 heterocycles. The molecule has 2 aromatic heterocycles. The molecule has 0 spiro atoms. The average Bonchev–Trinajstić information content (AvgIpc) is 3.75. The van der Waals surface area contributed by atoms with Crippen LogP contribution in [-0.4, -0.2) is 44.0 Å². The molecule has 1 saturated carbocycles. The average molecular weight is 673 g/mol. The van der Waals surface area contributed by atoms with Crippen molar-refractivity contribution in [2.75, 3.05) is 7.05 Å². The SMILES string of the molecule is CC.CNC(=O)c1ccc(-n2c(=O)c3c(n4ncc(CC5CC5)c24)CN(C(=O)c2ccc(Br)c(C(F)(F)F)c2)C(C)C3)cc1. The van der Waals surface area contributed by atoms with Crippen molar-refractivity contribution in [1.82, 2.24) is 24.4 Å². The Kier molecular flexibility index (Phi) is 8.75. The van der Waals surface area contributed by atoms with Gasteiger partial charge in [-0.3, -0.25) is 19.0 Å². The Balaban J connectivity index is 0.00000188. The van der Waals surface area contributed by atoms with Gasteiger partial charge in [0.1, 0.15) is 5.65 Å². The van der Waals surface area contributed by atoms with E-state index < -0.39 is 23.7 Å². The Hall–Kier alpha value is -3.93. The lowest BCUT2D eigenvalue weighted by atomic mass is 9.97. The first-order chi connectivity index (χ1) is 21.0.